The number of ketones is 1. The van der Waals surface area contributed by atoms with E-state index in [2.05, 4.69) is 10.6 Å². The van der Waals surface area contributed by atoms with Gasteiger partial charge in [0.1, 0.15) is 5.78 Å². The molecule has 0 aromatic rings. The quantitative estimate of drug-likeness (QED) is 0.482. The molecule has 1 aliphatic heterocycles. The Morgan fingerprint density at radius 2 is 2.55 bits per heavy atom. The zero-order valence-corrected chi connectivity index (χ0v) is 6.76. The van der Waals surface area contributed by atoms with E-state index in [9.17, 15) is 4.79 Å². The zero-order valence-electron chi connectivity index (χ0n) is 6.76. The van der Waals surface area contributed by atoms with Gasteiger partial charge in [-0.2, -0.15) is 0 Å². The van der Waals surface area contributed by atoms with Crippen LogP contribution in [0.15, 0.2) is 0 Å². The summed E-state index contributed by atoms with van der Waals surface area (Å²) in [7, 11) is 0. The maximum atomic E-state index is 10.8. The first-order valence-electron chi connectivity index (χ1n) is 3.90. The van der Waals surface area contributed by atoms with Crippen molar-refractivity contribution in [2.45, 2.75) is 25.4 Å². The number of carbonyl (C=O) groups excluding carboxylic acids is 1. The Kier molecular flexibility index (Phi) is 2.99. The van der Waals surface area contributed by atoms with Crippen molar-refractivity contribution in [1.82, 2.24) is 10.6 Å². The molecule has 1 aliphatic rings. The minimum Gasteiger partial charge on any atom is -0.321 e. The molecule has 0 spiro atoms. The van der Waals surface area contributed by atoms with E-state index in [0.717, 1.165) is 19.6 Å². The van der Waals surface area contributed by atoms with Crippen molar-refractivity contribution in [3.63, 3.8) is 0 Å². The van der Waals surface area contributed by atoms with Crippen LogP contribution in [-0.4, -0.2) is 31.1 Å². The van der Waals surface area contributed by atoms with E-state index in [-0.39, 0.29) is 11.8 Å². The molecule has 0 saturated carbocycles. The van der Waals surface area contributed by atoms with Gasteiger partial charge in [-0.25, -0.2) is 0 Å². The van der Waals surface area contributed by atoms with Crippen LogP contribution in [0.3, 0.4) is 0 Å². The van der Waals surface area contributed by atoms with E-state index in [0.29, 0.717) is 6.04 Å². The average molecular weight is 157 g/mol. The lowest BCUT2D eigenvalue weighted by Crippen LogP contribution is -2.37. The van der Waals surface area contributed by atoms with Crippen molar-refractivity contribution in [3.05, 3.63) is 0 Å². The van der Waals surface area contributed by atoms with Crippen LogP contribution in [0.25, 0.3) is 0 Å². The van der Waals surface area contributed by atoms with Gasteiger partial charge in [-0.1, -0.05) is 0 Å². The van der Waals surface area contributed by atoms with Crippen molar-refractivity contribution in [1.29, 1.82) is 0 Å². The van der Waals surface area contributed by atoms with E-state index in [1.54, 1.807) is 0 Å². The standard InChI is InChI=1S/C7H15N3O/c1-5(11)7(8)2-6-3-9-4-10-6/h6-7,9-10H,2-4,8H2,1H3. The lowest BCUT2D eigenvalue weighted by atomic mass is 10.1. The lowest BCUT2D eigenvalue weighted by molar-refractivity contribution is -0.118. The van der Waals surface area contributed by atoms with E-state index >= 15 is 0 Å². The predicted molar refractivity (Wildman–Crippen MR) is 43.1 cm³/mol. The molecular formula is C7H15N3O. The maximum Gasteiger partial charge on any atom is 0.146 e. The van der Waals surface area contributed by atoms with Crippen LogP contribution in [0, 0.1) is 0 Å². The highest BCUT2D eigenvalue weighted by Crippen LogP contribution is 1.99. The van der Waals surface area contributed by atoms with Crippen molar-refractivity contribution < 1.29 is 4.79 Å². The summed E-state index contributed by atoms with van der Waals surface area (Å²) < 4.78 is 0. The molecule has 1 fully saturated rings. The number of hydrogen-bond acceptors (Lipinski definition) is 4. The van der Waals surface area contributed by atoms with Gasteiger partial charge in [-0.05, 0) is 13.3 Å². The Labute approximate surface area is 66.5 Å². The Bertz CT molecular complexity index is 143. The zero-order chi connectivity index (χ0) is 8.27. The van der Waals surface area contributed by atoms with Crippen LogP contribution < -0.4 is 16.4 Å². The second kappa shape index (κ2) is 3.80. The Balaban J connectivity index is 2.23. The molecular weight excluding hydrogens is 142 g/mol. The molecule has 0 aromatic carbocycles. The maximum absolute atomic E-state index is 10.8. The fourth-order valence-corrected chi connectivity index (χ4v) is 1.17. The summed E-state index contributed by atoms with van der Waals surface area (Å²) in [5, 5.41) is 6.34. The van der Waals surface area contributed by atoms with Gasteiger partial charge >= 0.3 is 0 Å². The summed E-state index contributed by atoms with van der Waals surface area (Å²) in [6.07, 6.45) is 0.738. The third kappa shape index (κ3) is 2.57. The van der Waals surface area contributed by atoms with Gasteiger partial charge < -0.3 is 16.4 Å². The molecule has 2 unspecified atom stereocenters. The van der Waals surface area contributed by atoms with Gasteiger partial charge in [0, 0.05) is 19.3 Å². The summed E-state index contributed by atoms with van der Waals surface area (Å²) in [5.41, 5.74) is 5.58. The molecule has 4 N–H and O–H groups in total. The molecule has 0 aliphatic carbocycles. The predicted octanol–water partition coefficient (Wildman–Crippen LogP) is -1.19. The van der Waals surface area contributed by atoms with E-state index in [1.165, 1.54) is 6.92 Å². The van der Waals surface area contributed by atoms with Crippen LogP contribution in [0.5, 0.6) is 0 Å². The molecule has 4 nitrogen and oxygen atoms in total. The number of Topliss-reactive ketones (excluding diaryl/α,β-unsaturated/α-hetero) is 1. The number of hydrogen-bond donors (Lipinski definition) is 3. The van der Waals surface area contributed by atoms with E-state index < -0.39 is 0 Å². The Morgan fingerprint density at radius 3 is 3.00 bits per heavy atom. The number of carbonyl (C=O) groups is 1. The van der Waals surface area contributed by atoms with Crippen molar-refractivity contribution in [3.8, 4) is 0 Å². The van der Waals surface area contributed by atoms with Crippen LogP contribution in [-0.2, 0) is 4.79 Å². The number of nitrogens with one attached hydrogen (secondary N) is 2. The summed E-state index contributed by atoms with van der Waals surface area (Å²) in [4.78, 5) is 10.8. The number of rotatable bonds is 3. The Hall–Kier alpha value is -0.450. The fourth-order valence-electron chi connectivity index (χ4n) is 1.17. The summed E-state index contributed by atoms with van der Waals surface area (Å²) in [6, 6.07) is 0.0706. The highest BCUT2D eigenvalue weighted by atomic mass is 16.1. The second-order valence-corrected chi connectivity index (χ2v) is 2.98. The highest BCUT2D eigenvalue weighted by molar-refractivity contribution is 5.81. The van der Waals surface area contributed by atoms with Gasteiger partial charge in [0.25, 0.3) is 0 Å². The van der Waals surface area contributed by atoms with E-state index in [1.807, 2.05) is 0 Å². The smallest absolute Gasteiger partial charge is 0.146 e. The monoisotopic (exact) mass is 157 g/mol. The summed E-state index contributed by atoms with van der Waals surface area (Å²) in [6.45, 7) is 3.28. The largest absolute Gasteiger partial charge is 0.321 e. The third-order valence-corrected chi connectivity index (χ3v) is 1.97. The minimum absolute atomic E-state index is 0.0682. The van der Waals surface area contributed by atoms with Gasteiger partial charge in [-0.3, -0.25) is 4.79 Å². The molecule has 0 aromatic heterocycles. The lowest BCUT2D eigenvalue weighted by Gasteiger charge is -2.12. The molecule has 11 heavy (non-hydrogen) atoms. The van der Waals surface area contributed by atoms with Crippen molar-refractivity contribution in [2.24, 2.45) is 5.73 Å². The average Bonchev–Trinajstić information content (AvgIpc) is 2.39. The molecule has 0 amide bonds. The van der Waals surface area contributed by atoms with Crippen LogP contribution in [0.4, 0.5) is 0 Å². The van der Waals surface area contributed by atoms with Gasteiger partial charge in [0.15, 0.2) is 0 Å². The molecule has 1 saturated heterocycles. The van der Waals surface area contributed by atoms with Gasteiger partial charge in [0.2, 0.25) is 0 Å². The van der Waals surface area contributed by atoms with Gasteiger partial charge in [-0.15, -0.1) is 0 Å². The summed E-state index contributed by atoms with van der Waals surface area (Å²) >= 11 is 0. The molecule has 64 valence electrons. The van der Waals surface area contributed by atoms with Crippen molar-refractivity contribution in [2.75, 3.05) is 13.2 Å². The SMILES string of the molecule is CC(=O)C(N)CC1CNCN1. The molecule has 4 heteroatoms. The Morgan fingerprint density at radius 1 is 1.82 bits per heavy atom. The molecule has 0 bridgehead atoms. The first kappa shape index (κ1) is 8.64. The van der Waals surface area contributed by atoms with Crippen LogP contribution in [0.1, 0.15) is 13.3 Å². The number of nitrogens with two attached hydrogens (primary N) is 1. The molecule has 2 atom stereocenters. The van der Waals surface area contributed by atoms with Crippen molar-refractivity contribution >= 4 is 5.78 Å². The third-order valence-electron chi connectivity index (χ3n) is 1.97. The highest BCUT2D eigenvalue weighted by Gasteiger charge is 2.18. The molecule has 1 heterocycles. The van der Waals surface area contributed by atoms with Gasteiger partial charge in [0.05, 0.1) is 6.04 Å². The summed E-state index contributed by atoms with van der Waals surface area (Å²) in [5.74, 6) is 0.0682. The molecule has 1 rings (SSSR count). The molecule has 0 radical (unpaired) electrons. The van der Waals surface area contributed by atoms with Crippen LogP contribution in [0.2, 0.25) is 0 Å². The second-order valence-electron chi connectivity index (χ2n) is 2.98. The fraction of sp³-hybridized carbons (Fsp3) is 0.857. The minimum atomic E-state index is -0.299. The first-order valence-corrected chi connectivity index (χ1v) is 3.90. The normalized spacial score (nSPS) is 26.9. The topological polar surface area (TPSA) is 67.2 Å². The first-order chi connectivity index (χ1) is 5.20. The van der Waals surface area contributed by atoms with Crippen LogP contribution >= 0.6 is 0 Å². The van der Waals surface area contributed by atoms with E-state index in [4.69, 9.17) is 5.73 Å².